The van der Waals surface area contributed by atoms with E-state index >= 15 is 0 Å². The van der Waals surface area contributed by atoms with Crippen molar-refractivity contribution in [2.75, 3.05) is 14.7 Å². The van der Waals surface area contributed by atoms with E-state index in [-0.39, 0.29) is 0 Å². The lowest BCUT2D eigenvalue weighted by Gasteiger charge is -2.30. The summed E-state index contributed by atoms with van der Waals surface area (Å²) in [4.78, 5) is 6.86. The van der Waals surface area contributed by atoms with E-state index in [0.717, 1.165) is 55.7 Å². The van der Waals surface area contributed by atoms with Gasteiger partial charge in [0.05, 0.1) is 5.69 Å². The second kappa shape index (κ2) is 13.6. The second-order valence-corrected chi connectivity index (χ2v) is 11.7. The van der Waals surface area contributed by atoms with Crippen LogP contribution in [0.3, 0.4) is 0 Å². The molecule has 7 aromatic carbocycles. The van der Waals surface area contributed by atoms with Gasteiger partial charge in [-0.3, -0.25) is 0 Å². The molecule has 0 radical (unpaired) electrons. The molecule has 0 aliphatic rings. The lowest BCUT2D eigenvalue weighted by Crippen LogP contribution is -2.13. The van der Waals surface area contributed by atoms with E-state index in [1.807, 2.05) is 6.07 Å². The molecule has 0 fully saturated rings. The maximum absolute atomic E-state index is 3.83. The summed E-state index contributed by atoms with van der Waals surface area (Å²) in [7, 11) is 0. The van der Waals surface area contributed by atoms with Crippen LogP contribution in [0.2, 0.25) is 0 Å². The smallest absolute Gasteiger partial charge is 0.0603 e. The molecule has 0 N–H and O–H groups in total. The first kappa shape index (κ1) is 29.1. The minimum absolute atomic E-state index is 1.02. The third-order valence-corrected chi connectivity index (χ3v) is 8.55. The van der Waals surface area contributed by atoms with Crippen LogP contribution >= 0.6 is 15.9 Å². The third kappa shape index (κ3) is 6.16. The molecule has 0 saturated heterocycles. The summed E-state index contributed by atoms with van der Waals surface area (Å²) in [6.45, 7) is 0. The van der Waals surface area contributed by atoms with Crippen LogP contribution in [0.5, 0.6) is 0 Å². The molecule has 0 amide bonds. The molecule has 0 bridgehead atoms. The summed E-state index contributed by atoms with van der Waals surface area (Å²) >= 11 is 3.83. The number of nitrogens with zero attached hydrogens (tertiary/aromatic N) is 3. The van der Waals surface area contributed by atoms with Gasteiger partial charge in [0, 0.05) is 50.0 Å². The largest absolute Gasteiger partial charge is 0.311 e. The molecule has 0 unspecified atom stereocenters. The van der Waals surface area contributed by atoms with E-state index < -0.39 is 0 Å². The van der Waals surface area contributed by atoms with Gasteiger partial charge in [-0.25, -0.2) is 0 Å². The minimum atomic E-state index is 1.02. The van der Waals surface area contributed by atoms with Crippen molar-refractivity contribution in [3.05, 3.63) is 199 Å². The monoisotopic (exact) mass is 657 g/mol. The van der Waals surface area contributed by atoms with Gasteiger partial charge in [-0.15, -0.1) is 0 Å². The molecule has 0 spiro atoms. The van der Waals surface area contributed by atoms with Crippen molar-refractivity contribution in [1.29, 1.82) is 0 Å². The van der Waals surface area contributed by atoms with Gasteiger partial charge < -0.3 is 14.7 Å². The van der Waals surface area contributed by atoms with Crippen molar-refractivity contribution in [2.45, 2.75) is 0 Å². The maximum Gasteiger partial charge on any atom is 0.0603 e. The Morgan fingerprint density at radius 2 is 0.478 bits per heavy atom. The number of rotatable bonds is 9. The van der Waals surface area contributed by atoms with Gasteiger partial charge in [0.15, 0.2) is 0 Å². The zero-order valence-electron chi connectivity index (χ0n) is 25.2. The molecule has 7 aromatic rings. The molecule has 0 aliphatic heterocycles. The standard InChI is InChI=1S/C42H32BrN3/c43-41-23-13-14-24-42(41)46(39-29-25-37(26-30-39)44(33-15-5-1-6-16-33)34-17-7-2-8-18-34)40-31-27-38(28-32-40)45(35-19-9-3-10-20-35)36-21-11-4-12-22-36/h1-32H. The number of hydrogen-bond acceptors (Lipinski definition) is 3. The Labute approximate surface area is 279 Å². The lowest BCUT2D eigenvalue weighted by molar-refractivity contribution is 1.24. The molecule has 0 aromatic heterocycles. The molecule has 0 aliphatic carbocycles. The van der Waals surface area contributed by atoms with Gasteiger partial charge in [0.25, 0.3) is 0 Å². The number of halogens is 1. The van der Waals surface area contributed by atoms with E-state index in [1.54, 1.807) is 0 Å². The minimum Gasteiger partial charge on any atom is -0.311 e. The topological polar surface area (TPSA) is 9.72 Å². The fourth-order valence-electron chi connectivity index (χ4n) is 5.76. The average molecular weight is 659 g/mol. The Morgan fingerprint density at radius 3 is 0.783 bits per heavy atom. The summed E-state index contributed by atoms with van der Waals surface area (Å²) in [6, 6.07) is 67.9. The molecule has 222 valence electrons. The highest BCUT2D eigenvalue weighted by molar-refractivity contribution is 9.10. The molecule has 0 atom stereocenters. The van der Waals surface area contributed by atoms with Gasteiger partial charge in [-0.05, 0) is 125 Å². The molecule has 7 rings (SSSR count). The molecular formula is C42H32BrN3. The van der Waals surface area contributed by atoms with Crippen LogP contribution in [0.15, 0.2) is 199 Å². The van der Waals surface area contributed by atoms with Gasteiger partial charge in [-0.1, -0.05) is 84.9 Å². The van der Waals surface area contributed by atoms with Crippen molar-refractivity contribution >= 4 is 67.1 Å². The van der Waals surface area contributed by atoms with Gasteiger partial charge in [0.1, 0.15) is 0 Å². The summed E-state index contributed by atoms with van der Waals surface area (Å²) < 4.78 is 1.02. The highest BCUT2D eigenvalue weighted by atomic mass is 79.9. The predicted octanol–water partition coefficient (Wildman–Crippen LogP) is 12.9. The van der Waals surface area contributed by atoms with Crippen LogP contribution in [0.4, 0.5) is 51.2 Å². The van der Waals surface area contributed by atoms with E-state index in [2.05, 4.69) is 219 Å². The van der Waals surface area contributed by atoms with Crippen molar-refractivity contribution in [3.8, 4) is 0 Å². The Balaban J connectivity index is 1.28. The number of anilines is 9. The zero-order chi connectivity index (χ0) is 31.1. The zero-order valence-corrected chi connectivity index (χ0v) is 26.8. The highest BCUT2D eigenvalue weighted by Crippen LogP contribution is 2.42. The molecule has 0 heterocycles. The van der Waals surface area contributed by atoms with Crippen LogP contribution in [-0.4, -0.2) is 0 Å². The normalized spacial score (nSPS) is 10.7. The van der Waals surface area contributed by atoms with Crippen LogP contribution in [-0.2, 0) is 0 Å². The predicted molar refractivity (Wildman–Crippen MR) is 198 cm³/mol. The van der Waals surface area contributed by atoms with E-state index in [4.69, 9.17) is 0 Å². The first-order chi connectivity index (χ1) is 22.8. The molecule has 4 heteroatoms. The second-order valence-electron chi connectivity index (χ2n) is 10.8. The number of benzene rings is 7. The summed E-state index contributed by atoms with van der Waals surface area (Å²) in [5.41, 5.74) is 9.81. The van der Waals surface area contributed by atoms with Crippen LogP contribution in [0, 0.1) is 0 Å². The highest BCUT2D eigenvalue weighted by Gasteiger charge is 2.18. The SMILES string of the molecule is Brc1ccccc1N(c1ccc(N(c2ccccc2)c2ccccc2)cc1)c1ccc(N(c2ccccc2)c2ccccc2)cc1. The van der Waals surface area contributed by atoms with Crippen molar-refractivity contribution in [2.24, 2.45) is 0 Å². The molecule has 0 saturated carbocycles. The van der Waals surface area contributed by atoms with Gasteiger partial charge >= 0.3 is 0 Å². The number of para-hydroxylation sites is 5. The van der Waals surface area contributed by atoms with E-state index in [0.29, 0.717) is 0 Å². The Morgan fingerprint density at radius 1 is 0.239 bits per heavy atom. The fourth-order valence-corrected chi connectivity index (χ4v) is 6.23. The van der Waals surface area contributed by atoms with Crippen molar-refractivity contribution in [1.82, 2.24) is 0 Å². The van der Waals surface area contributed by atoms with Crippen LogP contribution in [0.25, 0.3) is 0 Å². The maximum atomic E-state index is 3.83. The average Bonchev–Trinajstić information content (AvgIpc) is 3.13. The molecule has 3 nitrogen and oxygen atoms in total. The lowest BCUT2D eigenvalue weighted by atomic mass is 10.1. The number of hydrogen-bond donors (Lipinski definition) is 0. The summed E-state index contributed by atoms with van der Waals surface area (Å²) in [5.74, 6) is 0. The van der Waals surface area contributed by atoms with Crippen LogP contribution in [0.1, 0.15) is 0 Å². The Bertz CT molecular complexity index is 1780. The van der Waals surface area contributed by atoms with Crippen molar-refractivity contribution < 1.29 is 0 Å². The van der Waals surface area contributed by atoms with Crippen LogP contribution < -0.4 is 14.7 Å². The Hall–Kier alpha value is -5.58. The molecular weight excluding hydrogens is 626 g/mol. The molecule has 46 heavy (non-hydrogen) atoms. The fraction of sp³-hybridized carbons (Fsp3) is 0. The third-order valence-electron chi connectivity index (χ3n) is 7.88. The van der Waals surface area contributed by atoms with E-state index in [1.165, 1.54) is 0 Å². The Kier molecular flexibility index (Phi) is 8.62. The first-order valence-electron chi connectivity index (χ1n) is 15.3. The summed E-state index contributed by atoms with van der Waals surface area (Å²) in [5, 5.41) is 0. The van der Waals surface area contributed by atoms with Crippen molar-refractivity contribution in [3.63, 3.8) is 0 Å². The van der Waals surface area contributed by atoms with Gasteiger partial charge in [-0.2, -0.15) is 0 Å². The van der Waals surface area contributed by atoms with E-state index in [9.17, 15) is 0 Å². The summed E-state index contributed by atoms with van der Waals surface area (Å²) in [6.07, 6.45) is 0. The first-order valence-corrected chi connectivity index (χ1v) is 16.1. The quantitative estimate of drug-likeness (QED) is 0.153. The van der Waals surface area contributed by atoms with Gasteiger partial charge in [0.2, 0.25) is 0 Å².